The highest BCUT2D eigenvalue weighted by Crippen LogP contribution is 2.38. The topological polar surface area (TPSA) is 104 Å². The molecule has 2 aliphatic rings. The summed E-state index contributed by atoms with van der Waals surface area (Å²) in [6.45, 7) is 0. The van der Waals surface area contributed by atoms with Gasteiger partial charge in [-0.05, 0) is 48.1 Å². The third-order valence-corrected chi connectivity index (χ3v) is 8.70. The number of anilines is 2. The van der Waals surface area contributed by atoms with Gasteiger partial charge in [0.05, 0.1) is 12.1 Å². The number of amides is 2. The molecule has 2 aromatic heterocycles. The molecule has 1 aliphatic heterocycles. The van der Waals surface area contributed by atoms with E-state index in [1.807, 2.05) is 6.07 Å². The zero-order chi connectivity index (χ0) is 27.7. The minimum absolute atomic E-state index is 0.0210. The lowest BCUT2D eigenvalue weighted by atomic mass is 9.90. The van der Waals surface area contributed by atoms with E-state index in [4.69, 9.17) is 0 Å². The number of hydrogen-bond donors (Lipinski definition) is 1. The van der Waals surface area contributed by atoms with E-state index in [1.165, 1.54) is 28.4 Å². The smallest absolute Gasteiger partial charge is 0.304 e. The maximum atomic E-state index is 14.4. The summed E-state index contributed by atoms with van der Waals surface area (Å²) in [5.74, 6) is -1.26. The monoisotopic (exact) mass is 550 g/mol. The van der Waals surface area contributed by atoms with E-state index >= 15 is 0 Å². The Bertz CT molecular complexity index is 1420. The quantitative estimate of drug-likeness (QED) is 0.394. The molecule has 204 valence electrons. The fourth-order valence-corrected chi connectivity index (χ4v) is 6.48. The standard InChI is InChI=1S/C29H31FN4O4S/c1-33-25(35)10-7-18-12-20(15-31-27(18)33)22-9-8-21(30)14-23(22)24-16-39-29(32-24)34(2)28(38)19(13-26(36)37)11-17-5-3-4-6-17/h8-9,12,14-17,19H,3-7,10-11,13H2,1-2H3,(H,36,37). The summed E-state index contributed by atoms with van der Waals surface area (Å²) < 4.78 is 14.4. The maximum absolute atomic E-state index is 14.4. The number of carbonyl (C=O) groups is 3. The Labute approximate surface area is 230 Å². The van der Waals surface area contributed by atoms with Gasteiger partial charge in [-0.1, -0.05) is 31.7 Å². The van der Waals surface area contributed by atoms with Crippen LogP contribution in [0.5, 0.6) is 0 Å². The van der Waals surface area contributed by atoms with Crippen molar-refractivity contribution in [2.75, 3.05) is 23.9 Å². The molecule has 1 N–H and O–H groups in total. The molecule has 2 amide bonds. The number of carboxylic acids is 1. The summed E-state index contributed by atoms with van der Waals surface area (Å²) in [4.78, 5) is 49.1. The Balaban J connectivity index is 1.43. The normalized spacial score (nSPS) is 16.3. The number of rotatable bonds is 8. The molecule has 1 atom stereocenters. The molecule has 5 rings (SSSR count). The molecular formula is C29H31FN4O4S. The first-order chi connectivity index (χ1) is 18.7. The molecule has 8 nitrogen and oxygen atoms in total. The van der Waals surface area contributed by atoms with Crippen LogP contribution in [0.4, 0.5) is 15.3 Å². The third-order valence-electron chi connectivity index (χ3n) is 7.78. The maximum Gasteiger partial charge on any atom is 0.304 e. The molecule has 0 spiro atoms. The van der Waals surface area contributed by atoms with Crippen LogP contribution in [0.25, 0.3) is 22.4 Å². The zero-order valence-corrected chi connectivity index (χ0v) is 22.8. The molecule has 0 radical (unpaired) electrons. The minimum Gasteiger partial charge on any atom is -0.481 e. The Morgan fingerprint density at radius 3 is 2.72 bits per heavy atom. The second kappa shape index (κ2) is 11.2. The number of benzene rings is 1. The number of carboxylic acid groups (broad SMARTS) is 1. The fourth-order valence-electron chi connectivity index (χ4n) is 5.68. The van der Waals surface area contributed by atoms with Gasteiger partial charge in [0.2, 0.25) is 11.8 Å². The van der Waals surface area contributed by atoms with Crippen LogP contribution in [-0.4, -0.2) is 47.0 Å². The van der Waals surface area contributed by atoms with Gasteiger partial charge in [0.15, 0.2) is 5.13 Å². The third kappa shape index (κ3) is 5.71. The second-order valence-electron chi connectivity index (χ2n) is 10.4. The van der Waals surface area contributed by atoms with Gasteiger partial charge in [-0.2, -0.15) is 0 Å². The molecular weight excluding hydrogens is 519 g/mol. The van der Waals surface area contributed by atoms with Crippen molar-refractivity contribution in [3.63, 3.8) is 0 Å². The lowest BCUT2D eigenvalue weighted by Crippen LogP contribution is -2.35. The van der Waals surface area contributed by atoms with Crippen LogP contribution in [0.15, 0.2) is 35.8 Å². The number of hydrogen-bond acceptors (Lipinski definition) is 6. The molecule has 1 aliphatic carbocycles. The first-order valence-electron chi connectivity index (χ1n) is 13.2. The van der Waals surface area contributed by atoms with Gasteiger partial charge in [-0.3, -0.25) is 24.2 Å². The van der Waals surface area contributed by atoms with Crippen molar-refractivity contribution >= 4 is 40.1 Å². The number of aliphatic carboxylic acids is 1. The van der Waals surface area contributed by atoms with E-state index in [-0.39, 0.29) is 18.2 Å². The highest BCUT2D eigenvalue weighted by Gasteiger charge is 2.31. The Kier molecular flexibility index (Phi) is 7.74. The number of aryl methyl sites for hydroxylation is 1. The molecule has 1 unspecified atom stereocenters. The van der Waals surface area contributed by atoms with Gasteiger partial charge < -0.3 is 5.11 Å². The van der Waals surface area contributed by atoms with E-state index in [2.05, 4.69) is 9.97 Å². The van der Waals surface area contributed by atoms with Crippen LogP contribution < -0.4 is 9.80 Å². The van der Waals surface area contributed by atoms with Crippen molar-refractivity contribution < 1.29 is 23.9 Å². The van der Waals surface area contributed by atoms with Gasteiger partial charge in [0, 0.05) is 49.1 Å². The number of pyridine rings is 1. The summed E-state index contributed by atoms with van der Waals surface area (Å²) in [6.07, 6.45) is 7.32. The largest absolute Gasteiger partial charge is 0.481 e. The Morgan fingerprint density at radius 2 is 1.97 bits per heavy atom. The first kappa shape index (κ1) is 26.9. The van der Waals surface area contributed by atoms with Crippen LogP contribution in [0.2, 0.25) is 0 Å². The molecule has 39 heavy (non-hydrogen) atoms. The molecule has 1 aromatic carbocycles. The average molecular weight is 551 g/mol. The van der Waals surface area contributed by atoms with Gasteiger partial charge in [-0.15, -0.1) is 11.3 Å². The zero-order valence-electron chi connectivity index (χ0n) is 22.0. The Hall–Kier alpha value is -3.66. The number of aromatic nitrogens is 2. The molecule has 1 saturated carbocycles. The molecule has 3 aromatic rings. The molecule has 0 bridgehead atoms. The first-order valence-corrected chi connectivity index (χ1v) is 14.1. The highest BCUT2D eigenvalue weighted by molar-refractivity contribution is 7.14. The van der Waals surface area contributed by atoms with Crippen LogP contribution in [0.1, 0.15) is 50.5 Å². The second-order valence-corrected chi connectivity index (χ2v) is 11.3. The molecule has 3 heterocycles. The van der Waals surface area contributed by atoms with Crippen LogP contribution in [0.3, 0.4) is 0 Å². The molecule has 10 heteroatoms. The lowest BCUT2D eigenvalue weighted by Gasteiger charge is -2.25. The number of nitrogens with zero attached hydrogens (tertiary/aromatic N) is 4. The van der Waals surface area contributed by atoms with Gasteiger partial charge in [0.25, 0.3) is 0 Å². The van der Waals surface area contributed by atoms with Crippen molar-refractivity contribution in [1.82, 2.24) is 9.97 Å². The van der Waals surface area contributed by atoms with E-state index in [9.17, 15) is 23.9 Å². The van der Waals surface area contributed by atoms with Crippen molar-refractivity contribution in [3.8, 4) is 22.4 Å². The molecule has 0 saturated heterocycles. The van der Waals surface area contributed by atoms with Crippen LogP contribution in [-0.2, 0) is 20.8 Å². The van der Waals surface area contributed by atoms with E-state index in [0.717, 1.165) is 42.4 Å². The summed E-state index contributed by atoms with van der Waals surface area (Å²) in [5, 5.41) is 11.6. The summed E-state index contributed by atoms with van der Waals surface area (Å²) in [6, 6.07) is 6.46. The van der Waals surface area contributed by atoms with Crippen molar-refractivity contribution in [2.45, 2.75) is 51.4 Å². The number of carbonyl (C=O) groups excluding carboxylic acids is 2. The van der Waals surface area contributed by atoms with Gasteiger partial charge in [0.1, 0.15) is 11.6 Å². The van der Waals surface area contributed by atoms with E-state index in [1.54, 1.807) is 36.6 Å². The fraction of sp³-hybridized carbons (Fsp3) is 0.414. The summed E-state index contributed by atoms with van der Waals surface area (Å²) in [7, 11) is 3.33. The minimum atomic E-state index is -0.988. The predicted octanol–water partition coefficient (Wildman–Crippen LogP) is 5.55. The highest BCUT2D eigenvalue weighted by atomic mass is 32.1. The number of fused-ring (bicyclic) bond motifs is 1. The number of halogens is 1. The average Bonchev–Trinajstić information content (AvgIpc) is 3.62. The SMILES string of the molecule is CN(C(=O)C(CC(=O)O)CC1CCCC1)c1nc(-c2cc(F)ccc2-c2cnc3c(c2)CCC(=O)N3C)cs1. The summed E-state index contributed by atoms with van der Waals surface area (Å²) in [5.41, 5.74) is 3.54. The number of thiazole rings is 1. The van der Waals surface area contributed by atoms with Gasteiger partial charge >= 0.3 is 5.97 Å². The van der Waals surface area contributed by atoms with E-state index < -0.39 is 17.7 Å². The van der Waals surface area contributed by atoms with E-state index in [0.29, 0.717) is 47.4 Å². The summed E-state index contributed by atoms with van der Waals surface area (Å²) >= 11 is 1.26. The Morgan fingerprint density at radius 1 is 1.21 bits per heavy atom. The van der Waals surface area contributed by atoms with Crippen LogP contribution >= 0.6 is 11.3 Å². The lowest BCUT2D eigenvalue weighted by molar-refractivity contribution is -0.140. The predicted molar refractivity (Wildman–Crippen MR) is 148 cm³/mol. The van der Waals surface area contributed by atoms with Crippen LogP contribution in [0, 0.1) is 17.7 Å². The van der Waals surface area contributed by atoms with Crippen molar-refractivity contribution in [1.29, 1.82) is 0 Å². The molecule has 1 fully saturated rings. The van der Waals surface area contributed by atoms with Gasteiger partial charge in [-0.25, -0.2) is 14.4 Å². The van der Waals surface area contributed by atoms with Crippen molar-refractivity contribution in [2.24, 2.45) is 11.8 Å². The van der Waals surface area contributed by atoms with Crippen molar-refractivity contribution in [3.05, 3.63) is 47.2 Å².